The van der Waals surface area contributed by atoms with Crippen molar-refractivity contribution >= 4 is 0 Å². The molecule has 19 heavy (non-hydrogen) atoms. The molecule has 0 aromatic carbocycles. The summed E-state index contributed by atoms with van der Waals surface area (Å²) in [6, 6.07) is 0. The Kier molecular flexibility index (Phi) is 7.55. The minimum absolute atomic E-state index is 0.493. The molecule has 0 unspecified atom stereocenters. The van der Waals surface area contributed by atoms with Crippen molar-refractivity contribution in [3.05, 3.63) is 22.8 Å². The van der Waals surface area contributed by atoms with Gasteiger partial charge in [-0.1, -0.05) is 6.92 Å². The maximum absolute atomic E-state index is 5.47. The molecule has 5 nitrogen and oxygen atoms in total. The number of ether oxygens (including phenoxy) is 2. The highest BCUT2D eigenvalue weighted by Crippen LogP contribution is 2.10. The highest BCUT2D eigenvalue weighted by atomic mass is 16.5. The third-order valence-corrected chi connectivity index (χ3v) is 2.83. The van der Waals surface area contributed by atoms with Gasteiger partial charge < -0.3 is 14.8 Å². The van der Waals surface area contributed by atoms with E-state index in [4.69, 9.17) is 9.47 Å². The summed E-state index contributed by atoms with van der Waals surface area (Å²) in [7, 11) is 1.70. The summed E-state index contributed by atoms with van der Waals surface area (Å²) >= 11 is 0. The van der Waals surface area contributed by atoms with Gasteiger partial charge in [-0.2, -0.15) is 0 Å². The zero-order chi connectivity index (χ0) is 14.1. The predicted molar refractivity (Wildman–Crippen MR) is 75.0 cm³/mol. The lowest BCUT2D eigenvalue weighted by Gasteiger charge is -2.12. The minimum atomic E-state index is 0.493. The highest BCUT2D eigenvalue weighted by Gasteiger charge is 2.08. The average Bonchev–Trinajstić information content (AvgIpc) is 2.37. The summed E-state index contributed by atoms with van der Waals surface area (Å²) < 4.78 is 10.5. The maximum atomic E-state index is 5.47. The Balaban J connectivity index is 2.58. The van der Waals surface area contributed by atoms with Crippen LogP contribution in [0.2, 0.25) is 0 Å². The molecule has 0 aliphatic rings. The van der Waals surface area contributed by atoms with E-state index in [0.717, 1.165) is 48.9 Å². The molecule has 0 amide bonds. The first-order valence-electron chi connectivity index (χ1n) is 6.79. The van der Waals surface area contributed by atoms with Crippen molar-refractivity contribution < 1.29 is 9.47 Å². The molecule has 0 aliphatic carbocycles. The monoisotopic (exact) mass is 267 g/mol. The van der Waals surface area contributed by atoms with Crippen molar-refractivity contribution in [1.82, 2.24) is 15.3 Å². The molecule has 1 heterocycles. The van der Waals surface area contributed by atoms with Gasteiger partial charge in [0.25, 0.3) is 0 Å². The third kappa shape index (κ3) is 5.63. The topological polar surface area (TPSA) is 56.3 Å². The van der Waals surface area contributed by atoms with Gasteiger partial charge in [0.2, 0.25) is 0 Å². The minimum Gasteiger partial charge on any atom is -0.383 e. The Bertz CT molecular complexity index is 360. The standard InChI is InChI=1S/C14H25N3O2/c1-5-7-19-10-14-16-11(2)13(12(3)17-14)9-15-6-8-18-4/h15H,5-10H2,1-4H3. The van der Waals surface area contributed by atoms with Gasteiger partial charge >= 0.3 is 0 Å². The number of nitrogens with one attached hydrogen (secondary N) is 1. The van der Waals surface area contributed by atoms with Gasteiger partial charge in [0.15, 0.2) is 5.82 Å². The van der Waals surface area contributed by atoms with Crippen LogP contribution in [0.4, 0.5) is 0 Å². The van der Waals surface area contributed by atoms with Crippen molar-refractivity contribution in [3.63, 3.8) is 0 Å². The molecule has 0 saturated heterocycles. The third-order valence-electron chi connectivity index (χ3n) is 2.83. The van der Waals surface area contributed by atoms with Crippen LogP contribution in [0.15, 0.2) is 0 Å². The molecule has 1 N–H and O–H groups in total. The van der Waals surface area contributed by atoms with Crippen LogP contribution in [0, 0.1) is 13.8 Å². The zero-order valence-corrected chi connectivity index (χ0v) is 12.5. The molecule has 5 heteroatoms. The number of nitrogens with zero attached hydrogens (tertiary/aromatic N) is 2. The SMILES string of the molecule is CCCOCc1nc(C)c(CNCCOC)c(C)n1. The lowest BCUT2D eigenvalue weighted by molar-refractivity contribution is 0.115. The van der Waals surface area contributed by atoms with Crippen LogP contribution in [0.5, 0.6) is 0 Å². The van der Waals surface area contributed by atoms with Crippen LogP contribution >= 0.6 is 0 Å². The second kappa shape index (κ2) is 8.96. The van der Waals surface area contributed by atoms with E-state index in [9.17, 15) is 0 Å². The second-order valence-electron chi connectivity index (χ2n) is 4.51. The fourth-order valence-electron chi connectivity index (χ4n) is 1.82. The average molecular weight is 267 g/mol. The summed E-state index contributed by atoms with van der Waals surface area (Å²) in [5.41, 5.74) is 3.20. The Hall–Kier alpha value is -1.04. The Morgan fingerprint density at radius 1 is 1.11 bits per heavy atom. The summed E-state index contributed by atoms with van der Waals surface area (Å²) in [6.45, 7) is 9.69. The fourth-order valence-corrected chi connectivity index (χ4v) is 1.82. The summed E-state index contributed by atoms with van der Waals surface area (Å²) in [5, 5.41) is 3.32. The van der Waals surface area contributed by atoms with Crippen LogP contribution in [-0.4, -0.2) is 36.8 Å². The lowest BCUT2D eigenvalue weighted by atomic mass is 10.1. The number of rotatable bonds is 9. The van der Waals surface area contributed by atoms with Gasteiger partial charge in [-0.25, -0.2) is 9.97 Å². The van der Waals surface area contributed by atoms with E-state index in [0.29, 0.717) is 13.2 Å². The van der Waals surface area contributed by atoms with E-state index < -0.39 is 0 Å². The normalized spacial score (nSPS) is 10.9. The summed E-state index contributed by atoms with van der Waals surface area (Å²) in [5.74, 6) is 0.768. The molecule has 0 aliphatic heterocycles. The number of hydrogen-bond acceptors (Lipinski definition) is 5. The van der Waals surface area contributed by atoms with Crippen LogP contribution in [0.25, 0.3) is 0 Å². The Morgan fingerprint density at radius 2 is 1.79 bits per heavy atom. The van der Waals surface area contributed by atoms with Crippen molar-refractivity contribution in [2.24, 2.45) is 0 Å². The van der Waals surface area contributed by atoms with Gasteiger partial charge in [-0.05, 0) is 20.3 Å². The molecule has 0 fully saturated rings. The Morgan fingerprint density at radius 3 is 2.37 bits per heavy atom. The molecular weight excluding hydrogens is 242 g/mol. The van der Waals surface area contributed by atoms with Gasteiger partial charge in [-0.15, -0.1) is 0 Å². The van der Waals surface area contributed by atoms with Gasteiger partial charge in [0, 0.05) is 43.8 Å². The highest BCUT2D eigenvalue weighted by molar-refractivity contribution is 5.24. The molecular formula is C14H25N3O2. The van der Waals surface area contributed by atoms with Crippen molar-refractivity contribution in [2.75, 3.05) is 26.9 Å². The van der Waals surface area contributed by atoms with Gasteiger partial charge in [0.05, 0.1) is 6.61 Å². The molecule has 1 rings (SSSR count). The van der Waals surface area contributed by atoms with Crippen molar-refractivity contribution in [2.45, 2.75) is 40.3 Å². The van der Waals surface area contributed by atoms with E-state index in [2.05, 4.69) is 22.2 Å². The van der Waals surface area contributed by atoms with E-state index in [1.54, 1.807) is 7.11 Å². The smallest absolute Gasteiger partial charge is 0.154 e. The van der Waals surface area contributed by atoms with E-state index in [1.165, 1.54) is 0 Å². The quantitative estimate of drug-likeness (QED) is 0.691. The molecule has 0 spiro atoms. The zero-order valence-electron chi connectivity index (χ0n) is 12.5. The first-order chi connectivity index (χ1) is 9.19. The van der Waals surface area contributed by atoms with Crippen molar-refractivity contribution in [3.8, 4) is 0 Å². The molecule has 1 aromatic heterocycles. The maximum Gasteiger partial charge on any atom is 0.154 e. The van der Waals surface area contributed by atoms with E-state index >= 15 is 0 Å². The molecule has 0 saturated carbocycles. The van der Waals surface area contributed by atoms with Crippen LogP contribution in [0.1, 0.15) is 36.1 Å². The van der Waals surface area contributed by atoms with E-state index in [1.807, 2.05) is 13.8 Å². The molecule has 0 bridgehead atoms. The molecule has 0 atom stereocenters. The van der Waals surface area contributed by atoms with Crippen LogP contribution in [0.3, 0.4) is 0 Å². The predicted octanol–water partition coefficient (Wildman–Crippen LogP) is 1.76. The summed E-state index contributed by atoms with van der Waals surface area (Å²) in [6.07, 6.45) is 1.01. The fraction of sp³-hybridized carbons (Fsp3) is 0.714. The first kappa shape index (κ1) is 16.0. The molecule has 1 aromatic rings. The van der Waals surface area contributed by atoms with Gasteiger partial charge in [-0.3, -0.25) is 0 Å². The number of aromatic nitrogens is 2. The lowest BCUT2D eigenvalue weighted by Crippen LogP contribution is -2.21. The first-order valence-corrected chi connectivity index (χ1v) is 6.79. The van der Waals surface area contributed by atoms with Crippen molar-refractivity contribution in [1.29, 1.82) is 0 Å². The van der Waals surface area contributed by atoms with Crippen LogP contribution < -0.4 is 5.32 Å². The number of methoxy groups -OCH3 is 1. The summed E-state index contributed by atoms with van der Waals surface area (Å²) in [4.78, 5) is 8.99. The largest absolute Gasteiger partial charge is 0.383 e. The molecule has 108 valence electrons. The molecule has 0 radical (unpaired) electrons. The second-order valence-corrected chi connectivity index (χ2v) is 4.51. The van der Waals surface area contributed by atoms with Crippen LogP contribution in [-0.2, 0) is 22.6 Å². The number of hydrogen-bond donors (Lipinski definition) is 1. The van der Waals surface area contributed by atoms with E-state index in [-0.39, 0.29) is 0 Å². The van der Waals surface area contributed by atoms with Gasteiger partial charge in [0.1, 0.15) is 6.61 Å². The Labute approximate surface area is 115 Å². The number of aryl methyl sites for hydroxylation is 2.